The van der Waals surface area contributed by atoms with Crippen molar-refractivity contribution < 1.29 is 14.6 Å². The lowest BCUT2D eigenvalue weighted by Crippen LogP contribution is -2.37. The minimum Gasteiger partial charge on any atom is -0.444 e. The summed E-state index contributed by atoms with van der Waals surface area (Å²) in [5.41, 5.74) is -0.0974. The van der Waals surface area contributed by atoms with E-state index in [0.717, 1.165) is 38.8 Å². The van der Waals surface area contributed by atoms with Crippen molar-refractivity contribution in [3.05, 3.63) is 0 Å². The van der Waals surface area contributed by atoms with Gasteiger partial charge in [-0.05, 0) is 57.8 Å². The number of aliphatic hydroxyl groups is 1. The van der Waals surface area contributed by atoms with Gasteiger partial charge in [-0.15, -0.1) is 0 Å². The van der Waals surface area contributed by atoms with E-state index in [9.17, 15) is 9.90 Å². The largest absolute Gasteiger partial charge is 0.444 e. The van der Waals surface area contributed by atoms with Crippen LogP contribution >= 0.6 is 0 Å². The standard InChI is InChI=1S/C14H25NO3/c1-13(2,3)18-12(17)15-7-4-5-14(6-8-15)9-11(14)10-16/h11,16H,4-10H2,1-3H3. The van der Waals surface area contributed by atoms with Crippen LogP contribution in [0, 0.1) is 11.3 Å². The molecule has 0 bridgehead atoms. The summed E-state index contributed by atoms with van der Waals surface area (Å²) >= 11 is 0. The van der Waals surface area contributed by atoms with Gasteiger partial charge in [-0.2, -0.15) is 0 Å². The molecule has 2 atom stereocenters. The van der Waals surface area contributed by atoms with Gasteiger partial charge < -0.3 is 14.7 Å². The molecule has 0 aromatic rings. The molecule has 104 valence electrons. The van der Waals surface area contributed by atoms with Crippen LogP contribution in [0.4, 0.5) is 4.79 Å². The number of hydrogen-bond acceptors (Lipinski definition) is 3. The molecule has 2 unspecified atom stereocenters. The Morgan fingerprint density at radius 3 is 2.67 bits per heavy atom. The molecule has 1 saturated carbocycles. The zero-order chi connectivity index (χ0) is 13.4. The zero-order valence-electron chi connectivity index (χ0n) is 11.7. The smallest absolute Gasteiger partial charge is 0.410 e. The van der Waals surface area contributed by atoms with E-state index in [1.807, 2.05) is 25.7 Å². The number of carbonyl (C=O) groups excluding carboxylic acids is 1. The lowest BCUT2D eigenvalue weighted by molar-refractivity contribution is 0.0254. The van der Waals surface area contributed by atoms with Gasteiger partial charge in [-0.25, -0.2) is 4.79 Å². The molecule has 0 aromatic heterocycles. The molecule has 2 fully saturated rings. The normalized spacial score (nSPS) is 32.2. The summed E-state index contributed by atoms with van der Waals surface area (Å²) < 4.78 is 5.41. The Morgan fingerprint density at radius 2 is 2.11 bits per heavy atom. The minimum absolute atomic E-state index is 0.194. The summed E-state index contributed by atoms with van der Waals surface area (Å²) in [6.45, 7) is 7.54. The Bertz CT molecular complexity index is 323. The van der Waals surface area contributed by atoms with Crippen LogP contribution in [0.3, 0.4) is 0 Å². The van der Waals surface area contributed by atoms with Crippen molar-refractivity contribution >= 4 is 6.09 Å². The Labute approximate surface area is 109 Å². The van der Waals surface area contributed by atoms with Gasteiger partial charge in [0, 0.05) is 19.7 Å². The molecule has 0 radical (unpaired) electrons. The number of ether oxygens (including phenoxy) is 1. The SMILES string of the molecule is CC(C)(C)OC(=O)N1CCCC2(CC1)CC2CO. The third-order valence-electron chi connectivity index (χ3n) is 4.21. The number of likely N-dealkylation sites (tertiary alicyclic amines) is 1. The Kier molecular flexibility index (Phi) is 3.58. The highest BCUT2D eigenvalue weighted by atomic mass is 16.6. The van der Waals surface area contributed by atoms with E-state index in [1.54, 1.807) is 0 Å². The third-order valence-corrected chi connectivity index (χ3v) is 4.21. The third kappa shape index (κ3) is 2.97. The fourth-order valence-corrected chi connectivity index (χ4v) is 3.03. The van der Waals surface area contributed by atoms with Crippen LogP contribution in [0.2, 0.25) is 0 Å². The van der Waals surface area contributed by atoms with Crippen molar-refractivity contribution in [1.29, 1.82) is 0 Å². The zero-order valence-corrected chi connectivity index (χ0v) is 11.7. The quantitative estimate of drug-likeness (QED) is 0.782. The van der Waals surface area contributed by atoms with Crippen LogP contribution in [0.5, 0.6) is 0 Å². The van der Waals surface area contributed by atoms with Crippen LogP contribution in [-0.2, 0) is 4.74 Å². The van der Waals surface area contributed by atoms with Crippen molar-refractivity contribution in [1.82, 2.24) is 4.90 Å². The predicted octanol–water partition coefficient (Wildman–Crippen LogP) is 2.41. The molecular formula is C14H25NO3. The Balaban J connectivity index is 1.88. The molecule has 1 amide bonds. The predicted molar refractivity (Wildman–Crippen MR) is 69.3 cm³/mol. The first-order valence-electron chi connectivity index (χ1n) is 6.95. The van der Waals surface area contributed by atoms with E-state index >= 15 is 0 Å². The highest BCUT2D eigenvalue weighted by Crippen LogP contribution is 2.58. The molecule has 1 aliphatic heterocycles. The van der Waals surface area contributed by atoms with Gasteiger partial charge in [0.15, 0.2) is 0 Å². The number of carbonyl (C=O) groups is 1. The fourth-order valence-electron chi connectivity index (χ4n) is 3.03. The minimum atomic E-state index is -0.422. The van der Waals surface area contributed by atoms with Crippen LogP contribution in [0.1, 0.15) is 46.5 Å². The van der Waals surface area contributed by atoms with Gasteiger partial charge in [-0.1, -0.05) is 0 Å². The summed E-state index contributed by atoms with van der Waals surface area (Å²) in [6.07, 6.45) is 4.11. The van der Waals surface area contributed by atoms with Gasteiger partial charge in [0.1, 0.15) is 5.60 Å². The number of hydrogen-bond donors (Lipinski definition) is 1. The van der Waals surface area contributed by atoms with Crippen LogP contribution in [-0.4, -0.2) is 41.4 Å². The van der Waals surface area contributed by atoms with Crippen molar-refractivity contribution in [3.63, 3.8) is 0 Å². The molecule has 4 nitrogen and oxygen atoms in total. The van der Waals surface area contributed by atoms with Crippen LogP contribution < -0.4 is 0 Å². The topological polar surface area (TPSA) is 49.8 Å². The van der Waals surface area contributed by atoms with Crippen LogP contribution in [0.15, 0.2) is 0 Å². The summed E-state index contributed by atoms with van der Waals surface area (Å²) in [4.78, 5) is 13.8. The molecule has 18 heavy (non-hydrogen) atoms. The second kappa shape index (κ2) is 4.72. The molecule has 1 N–H and O–H groups in total. The monoisotopic (exact) mass is 255 g/mol. The van der Waals surface area contributed by atoms with Gasteiger partial charge in [-0.3, -0.25) is 0 Å². The van der Waals surface area contributed by atoms with E-state index in [4.69, 9.17) is 4.74 Å². The molecular weight excluding hydrogens is 230 g/mol. The highest BCUT2D eigenvalue weighted by Gasteiger charge is 2.53. The molecule has 4 heteroatoms. The van der Waals surface area contributed by atoms with Gasteiger partial charge in [0.2, 0.25) is 0 Å². The maximum atomic E-state index is 12.0. The summed E-state index contributed by atoms with van der Waals surface area (Å²) in [5.74, 6) is 0.469. The van der Waals surface area contributed by atoms with Gasteiger partial charge in [0.05, 0.1) is 0 Å². The van der Waals surface area contributed by atoms with Crippen LogP contribution in [0.25, 0.3) is 0 Å². The highest BCUT2D eigenvalue weighted by molar-refractivity contribution is 5.68. The second-order valence-electron chi connectivity index (χ2n) is 6.77. The van der Waals surface area contributed by atoms with E-state index in [1.165, 1.54) is 0 Å². The van der Waals surface area contributed by atoms with E-state index < -0.39 is 5.60 Å². The van der Waals surface area contributed by atoms with E-state index in [-0.39, 0.29) is 6.09 Å². The molecule has 0 aromatic carbocycles. The Hall–Kier alpha value is -0.770. The van der Waals surface area contributed by atoms with Crippen molar-refractivity contribution in [2.45, 2.75) is 52.1 Å². The van der Waals surface area contributed by atoms with E-state index in [2.05, 4.69) is 0 Å². The molecule has 2 rings (SSSR count). The first-order chi connectivity index (χ1) is 8.36. The Morgan fingerprint density at radius 1 is 1.39 bits per heavy atom. The van der Waals surface area contributed by atoms with Crippen molar-refractivity contribution in [2.24, 2.45) is 11.3 Å². The van der Waals surface area contributed by atoms with Crippen molar-refractivity contribution in [3.8, 4) is 0 Å². The summed E-state index contributed by atoms with van der Waals surface area (Å²) in [7, 11) is 0. The maximum Gasteiger partial charge on any atom is 0.410 e. The number of rotatable bonds is 1. The first-order valence-corrected chi connectivity index (χ1v) is 6.95. The molecule has 1 aliphatic carbocycles. The maximum absolute atomic E-state index is 12.0. The average molecular weight is 255 g/mol. The molecule has 2 aliphatic rings. The lowest BCUT2D eigenvalue weighted by atomic mass is 9.94. The fraction of sp³-hybridized carbons (Fsp3) is 0.929. The number of aliphatic hydroxyl groups excluding tert-OH is 1. The van der Waals surface area contributed by atoms with E-state index in [0.29, 0.717) is 17.9 Å². The van der Waals surface area contributed by atoms with Gasteiger partial charge >= 0.3 is 6.09 Å². The lowest BCUT2D eigenvalue weighted by Gasteiger charge is -2.26. The number of nitrogens with zero attached hydrogens (tertiary/aromatic N) is 1. The first kappa shape index (κ1) is 13.7. The summed E-state index contributed by atoms with van der Waals surface area (Å²) in [5, 5.41) is 9.24. The second-order valence-corrected chi connectivity index (χ2v) is 6.77. The average Bonchev–Trinajstić information content (AvgIpc) is 2.99. The van der Waals surface area contributed by atoms with Crippen molar-refractivity contribution in [2.75, 3.05) is 19.7 Å². The molecule has 1 saturated heterocycles. The number of amides is 1. The summed E-state index contributed by atoms with van der Waals surface area (Å²) in [6, 6.07) is 0. The van der Waals surface area contributed by atoms with Gasteiger partial charge in [0.25, 0.3) is 0 Å². The molecule has 1 heterocycles. The molecule has 1 spiro atoms.